The summed E-state index contributed by atoms with van der Waals surface area (Å²) >= 11 is 0. The van der Waals surface area contributed by atoms with Crippen LogP contribution in [-0.2, 0) is 11.3 Å². The third kappa shape index (κ3) is 2.79. The number of pyridine rings is 1. The molecule has 1 fully saturated rings. The van der Waals surface area contributed by atoms with Gasteiger partial charge < -0.3 is 15.5 Å². The lowest BCUT2D eigenvalue weighted by molar-refractivity contribution is -0.128. The second-order valence-corrected chi connectivity index (χ2v) is 4.62. The number of amides is 1. The average Bonchev–Trinajstić information content (AvgIpc) is 2.92. The summed E-state index contributed by atoms with van der Waals surface area (Å²) in [5.41, 5.74) is 7.42. The van der Waals surface area contributed by atoms with Gasteiger partial charge in [-0.2, -0.15) is 0 Å². The Kier molecular flexibility index (Phi) is 4.15. The van der Waals surface area contributed by atoms with Gasteiger partial charge in [0.25, 0.3) is 0 Å². The summed E-state index contributed by atoms with van der Waals surface area (Å²) in [6.45, 7) is 2.56. The standard InChI is InChI=1S/C13H20N4O/c1-16(10-13(18)17-7-2-3-8-17)12-5-4-6-15-11(12)9-14/h4-6H,2-3,7-10,14H2,1H3. The molecule has 1 saturated heterocycles. The molecule has 1 aliphatic rings. The Bertz CT molecular complexity index is 415. The summed E-state index contributed by atoms with van der Waals surface area (Å²) in [5, 5.41) is 0. The number of aromatic nitrogens is 1. The fraction of sp³-hybridized carbons (Fsp3) is 0.538. The van der Waals surface area contributed by atoms with Crippen molar-refractivity contribution < 1.29 is 4.79 Å². The zero-order valence-corrected chi connectivity index (χ0v) is 10.8. The van der Waals surface area contributed by atoms with Crippen molar-refractivity contribution in [1.29, 1.82) is 0 Å². The summed E-state index contributed by atoms with van der Waals surface area (Å²) in [5.74, 6) is 0.182. The van der Waals surface area contributed by atoms with E-state index < -0.39 is 0 Å². The second-order valence-electron chi connectivity index (χ2n) is 4.62. The van der Waals surface area contributed by atoms with Crippen LogP contribution in [0.5, 0.6) is 0 Å². The molecule has 0 radical (unpaired) electrons. The average molecular weight is 248 g/mol. The van der Waals surface area contributed by atoms with Gasteiger partial charge in [-0.3, -0.25) is 9.78 Å². The molecule has 0 aromatic carbocycles. The zero-order chi connectivity index (χ0) is 13.0. The van der Waals surface area contributed by atoms with Crippen molar-refractivity contribution in [2.24, 2.45) is 5.73 Å². The van der Waals surface area contributed by atoms with Gasteiger partial charge in [0.15, 0.2) is 0 Å². The Morgan fingerprint density at radius 3 is 2.89 bits per heavy atom. The minimum absolute atomic E-state index is 0.182. The first-order valence-corrected chi connectivity index (χ1v) is 6.35. The zero-order valence-electron chi connectivity index (χ0n) is 10.8. The van der Waals surface area contributed by atoms with Crippen LogP contribution in [0.2, 0.25) is 0 Å². The molecule has 2 rings (SSSR count). The van der Waals surface area contributed by atoms with Crippen molar-refractivity contribution in [3.8, 4) is 0 Å². The maximum absolute atomic E-state index is 12.1. The summed E-state index contributed by atoms with van der Waals surface area (Å²) in [4.78, 5) is 20.1. The monoisotopic (exact) mass is 248 g/mol. The van der Waals surface area contributed by atoms with Gasteiger partial charge in [0, 0.05) is 32.9 Å². The second kappa shape index (κ2) is 5.82. The lowest BCUT2D eigenvalue weighted by Gasteiger charge is -2.24. The maximum Gasteiger partial charge on any atom is 0.242 e. The fourth-order valence-corrected chi connectivity index (χ4v) is 2.29. The molecule has 0 saturated carbocycles. The number of hydrogen-bond donors (Lipinski definition) is 1. The number of likely N-dealkylation sites (N-methyl/N-ethyl adjacent to an activating group) is 1. The quantitative estimate of drug-likeness (QED) is 0.847. The van der Waals surface area contributed by atoms with Crippen molar-refractivity contribution in [1.82, 2.24) is 9.88 Å². The molecule has 0 spiro atoms. The van der Waals surface area contributed by atoms with Crippen molar-refractivity contribution in [2.75, 3.05) is 31.6 Å². The van der Waals surface area contributed by atoms with Gasteiger partial charge in [0.05, 0.1) is 17.9 Å². The molecule has 0 aliphatic carbocycles. The Labute approximate surface area is 108 Å². The van der Waals surface area contributed by atoms with E-state index in [0.717, 1.165) is 37.3 Å². The van der Waals surface area contributed by atoms with E-state index in [9.17, 15) is 4.79 Å². The Hall–Kier alpha value is -1.62. The lowest BCUT2D eigenvalue weighted by Crippen LogP contribution is -2.37. The van der Waals surface area contributed by atoms with Crippen molar-refractivity contribution in [3.05, 3.63) is 24.0 Å². The van der Waals surface area contributed by atoms with Gasteiger partial charge in [-0.25, -0.2) is 0 Å². The largest absolute Gasteiger partial charge is 0.364 e. The van der Waals surface area contributed by atoms with Crippen LogP contribution < -0.4 is 10.6 Å². The van der Waals surface area contributed by atoms with E-state index in [0.29, 0.717) is 13.1 Å². The van der Waals surface area contributed by atoms with Crippen molar-refractivity contribution >= 4 is 11.6 Å². The number of hydrogen-bond acceptors (Lipinski definition) is 4. The summed E-state index contributed by atoms with van der Waals surface area (Å²) in [6.07, 6.45) is 3.97. The van der Waals surface area contributed by atoms with E-state index in [-0.39, 0.29) is 5.91 Å². The van der Waals surface area contributed by atoms with Crippen LogP contribution in [0.4, 0.5) is 5.69 Å². The predicted octanol–water partition coefficient (Wildman–Crippen LogP) is 0.599. The Balaban J connectivity index is 2.02. The molecule has 1 amide bonds. The van der Waals surface area contributed by atoms with Crippen LogP contribution in [0.1, 0.15) is 18.5 Å². The van der Waals surface area contributed by atoms with Gasteiger partial charge in [-0.15, -0.1) is 0 Å². The minimum atomic E-state index is 0.182. The van der Waals surface area contributed by atoms with E-state index in [1.165, 1.54) is 0 Å². The highest BCUT2D eigenvalue weighted by molar-refractivity contribution is 5.81. The summed E-state index contributed by atoms with van der Waals surface area (Å²) < 4.78 is 0. The van der Waals surface area contributed by atoms with Crippen LogP contribution in [0.15, 0.2) is 18.3 Å². The van der Waals surface area contributed by atoms with E-state index in [1.807, 2.05) is 29.0 Å². The third-order valence-corrected chi connectivity index (χ3v) is 3.30. The first-order chi connectivity index (χ1) is 8.72. The molecule has 2 heterocycles. The molecular formula is C13H20N4O. The summed E-state index contributed by atoms with van der Waals surface area (Å²) in [7, 11) is 1.91. The topological polar surface area (TPSA) is 62.5 Å². The van der Waals surface area contributed by atoms with Crippen molar-refractivity contribution in [3.63, 3.8) is 0 Å². The number of anilines is 1. The molecule has 2 N–H and O–H groups in total. The number of rotatable bonds is 4. The third-order valence-electron chi connectivity index (χ3n) is 3.30. The van der Waals surface area contributed by atoms with Gasteiger partial charge in [0.1, 0.15) is 0 Å². The molecule has 98 valence electrons. The van der Waals surface area contributed by atoms with Crippen molar-refractivity contribution in [2.45, 2.75) is 19.4 Å². The first-order valence-electron chi connectivity index (χ1n) is 6.35. The van der Waals surface area contributed by atoms with Crippen LogP contribution in [0, 0.1) is 0 Å². The predicted molar refractivity (Wildman–Crippen MR) is 71.2 cm³/mol. The fourth-order valence-electron chi connectivity index (χ4n) is 2.29. The van der Waals surface area contributed by atoms with Crippen LogP contribution in [0.3, 0.4) is 0 Å². The Morgan fingerprint density at radius 1 is 1.50 bits per heavy atom. The number of nitrogens with zero attached hydrogens (tertiary/aromatic N) is 3. The highest BCUT2D eigenvalue weighted by Gasteiger charge is 2.19. The normalized spacial score (nSPS) is 14.9. The number of carbonyl (C=O) groups excluding carboxylic acids is 1. The number of nitrogens with two attached hydrogens (primary N) is 1. The number of carbonyl (C=O) groups is 1. The number of likely N-dealkylation sites (tertiary alicyclic amines) is 1. The van der Waals surface area contributed by atoms with Crippen LogP contribution in [-0.4, -0.2) is 42.5 Å². The molecule has 5 nitrogen and oxygen atoms in total. The van der Waals surface area contributed by atoms with E-state index in [2.05, 4.69) is 4.98 Å². The minimum Gasteiger partial charge on any atom is -0.364 e. The highest BCUT2D eigenvalue weighted by Crippen LogP contribution is 2.17. The smallest absolute Gasteiger partial charge is 0.242 e. The SMILES string of the molecule is CN(CC(=O)N1CCCC1)c1cccnc1CN. The Morgan fingerprint density at radius 2 is 2.22 bits per heavy atom. The lowest BCUT2D eigenvalue weighted by atomic mass is 10.2. The van der Waals surface area contributed by atoms with Gasteiger partial charge in [-0.05, 0) is 25.0 Å². The van der Waals surface area contributed by atoms with Gasteiger partial charge in [0.2, 0.25) is 5.91 Å². The van der Waals surface area contributed by atoms with E-state index in [1.54, 1.807) is 6.20 Å². The molecule has 1 aliphatic heterocycles. The molecule has 0 bridgehead atoms. The molecular weight excluding hydrogens is 228 g/mol. The highest BCUT2D eigenvalue weighted by atomic mass is 16.2. The molecule has 1 aromatic heterocycles. The molecule has 5 heteroatoms. The van der Waals surface area contributed by atoms with E-state index in [4.69, 9.17) is 5.73 Å². The molecule has 18 heavy (non-hydrogen) atoms. The maximum atomic E-state index is 12.1. The molecule has 0 atom stereocenters. The van der Waals surface area contributed by atoms with Crippen LogP contribution >= 0.6 is 0 Å². The van der Waals surface area contributed by atoms with Gasteiger partial charge >= 0.3 is 0 Å². The first kappa shape index (κ1) is 12.8. The van der Waals surface area contributed by atoms with Crippen LogP contribution in [0.25, 0.3) is 0 Å². The molecule has 0 unspecified atom stereocenters. The van der Waals surface area contributed by atoms with Gasteiger partial charge in [-0.1, -0.05) is 0 Å². The summed E-state index contributed by atoms with van der Waals surface area (Å²) in [6, 6.07) is 3.82. The molecule has 1 aromatic rings. The van der Waals surface area contributed by atoms with E-state index >= 15 is 0 Å².